The minimum atomic E-state index is 0.158. The van der Waals surface area contributed by atoms with Gasteiger partial charge in [-0.3, -0.25) is 4.90 Å². The van der Waals surface area contributed by atoms with E-state index in [1.165, 1.54) is 5.56 Å². The molecule has 3 rings (SSSR count). The standard InChI is InChI=1S/C20H30N4O3/c1-4-26-18-8-6-5-7-16(18)13-23-10-11-24(14-17(23)9-12-25)20-21-19(15(2)3)27-22-20/h5-8,15,17,25H,4,9-14H2,1-3H3/t17-/m0/s1. The lowest BCUT2D eigenvalue weighted by atomic mass is 10.1. The maximum atomic E-state index is 9.56. The average molecular weight is 374 g/mol. The highest BCUT2D eigenvalue weighted by Gasteiger charge is 2.29. The van der Waals surface area contributed by atoms with Gasteiger partial charge in [-0.2, -0.15) is 4.98 Å². The summed E-state index contributed by atoms with van der Waals surface area (Å²) >= 11 is 0. The van der Waals surface area contributed by atoms with Gasteiger partial charge in [0.25, 0.3) is 5.95 Å². The molecule has 1 aromatic heterocycles. The Morgan fingerprint density at radius 2 is 2.11 bits per heavy atom. The largest absolute Gasteiger partial charge is 0.494 e. The Morgan fingerprint density at radius 1 is 1.30 bits per heavy atom. The third-order valence-electron chi connectivity index (χ3n) is 4.92. The average Bonchev–Trinajstić information content (AvgIpc) is 3.16. The summed E-state index contributed by atoms with van der Waals surface area (Å²) in [5, 5.41) is 13.7. The number of rotatable bonds is 8. The molecule has 1 aliphatic rings. The van der Waals surface area contributed by atoms with E-state index >= 15 is 0 Å². The third kappa shape index (κ3) is 4.78. The molecular formula is C20H30N4O3. The van der Waals surface area contributed by atoms with E-state index in [1.54, 1.807) is 0 Å². The number of hydrogen-bond donors (Lipinski definition) is 1. The van der Waals surface area contributed by atoms with E-state index in [0.29, 0.717) is 24.9 Å². The van der Waals surface area contributed by atoms with Crippen LogP contribution < -0.4 is 9.64 Å². The maximum Gasteiger partial charge on any atom is 0.266 e. The van der Waals surface area contributed by atoms with Crippen molar-refractivity contribution in [2.45, 2.75) is 45.7 Å². The quantitative estimate of drug-likeness (QED) is 0.761. The van der Waals surface area contributed by atoms with Gasteiger partial charge in [0, 0.05) is 50.3 Å². The van der Waals surface area contributed by atoms with Gasteiger partial charge in [0.05, 0.1) is 6.61 Å². The van der Waals surface area contributed by atoms with Crippen LogP contribution in [0.15, 0.2) is 28.8 Å². The minimum absolute atomic E-state index is 0.158. The van der Waals surface area contributed by atoms with E-state index in [4.69, 9.17) is 9.26 Å². The van der Waals surface area contributed by atoms with Crippen LogP contribution >= 0.6 is 0 Å². The molecule has 1 atom stereocenters. The van der Waals surface area contributed by atoms with Gasteiger partial charge in [0.15, 0.2) is 0 Å². The lowest BCUT2D eigenvalue weighted by Crippen LogP contribution is -2.53. The summed E-state index contributed by atoms with van der Waals surface area (Å²) in [4.78, 5) is 9.09. The van der Waals surface area contributed by atoms with Crippen molar-refractivity contribution < 1.29 is 14.4 Å². The molecule has 0 radical (unpaired) electrons. The maximum absolute atomic E-state index is 9.56. The highest BCUT2D eigenvalue weighted by Crippen LogP contribution is 2.25. The van der Waals surface area contributed by atoms with Crippen molar-refractivity contribution in [3.8, 4) is 5.75 Å². The molecule has 0 spiro atoms. The Labute approximate surface area is 160 Å². The van der Waals surface area contributed by atoms with Crippen LogP contribution in [0.2, 0.25) is 0 Å². The van der Waals surface area contributed by atoms with E-state index in [2.05, 4.69) is 26.0 Å². The minimum Gasteiger partial charge on any atom is -0.494 e. The molecule has 0 amide bonds. The van der Waals surface area contributed by atoms with Crippen molar-refractivity contribution in [2.24, 2.45) is 0 Å². The zero-order valence-electron chi connectivity index (χ0n) is 16.5. The molecule has 1 aliphatic heterocycles. The van der Waals surface area contributed by atoms with Crippen molar-refractivity contribution in [1.82, 2.24) is 15.0 Å². The molecule has 0 aliphatic carbocycles. The van der Waals surface area contributed by atoms with Crippen molar-refractivity contribution >= 4 is 5.95 Å². The fraction of sp³-hybridized carbons (Fsp3) is 0.600. The van der Waals surface area contributed by atoms with Gasteiger partial charge in [0.2, 0.25) is 5.89 Å². The van der Waals surface area contributed by atoms with Gasteiger partial charge < -0.3 is 19.3 Å². The second kappa shape index (κ2) is 9.19. The number of aliphatic hydroxyl groups is 1. The summed E-state index contributed by atoms with van der Waals surface area (Å²) < 4.78 is 11.1. The predicted molar refractivity (Wildman–Crippen MR) is 104 cm³/mol. The van der Waals surface area contributed by atoms with Crippen LogP contribution in [0.3, 0.4) is 0 Å². The van der Waals surface area contributed by atoms with Crippen molar-refractivity contribution in [3.05, 3.63) is 35.7 Å². The smallest absolute Gasteiger partial charge is 0.266 e. The van der Waals surface area contributed by atoms with Crippen molar-refractivity contribution in [2.75, 3.05) is 37.7 Å². The predicted octanol–water partition coefficient (Wildman–Crippen LogP) is 2.66. The van der Waals surface area contributed by atoms with Crippen LogP contribution in [0.4, 0.5) is 5.95 Å². The van der Waals surface area contributed by atoms with Crippen molar-refractivity contribution in [3.63, 3.8) is 0 Å². The molecule has 7 heteroatoms. The number of aliphatic hydroxyl groups excluding tert-OH is 1. The van der Waals surface area contributed by atoms with Crippen LogP contribution in [0.5, 0.6) is 5.75 Å². The van der Waals surface area contributed by atoms with Crippen LogP contribution in [0.25, 0.3) is 0 Å². The summed E-state index contributed by atoms with van der Waals surface area (Å²) in [6.07, 6.45) is 0.711. The van der Waals surface area contributed by atoms with E-state index in [1.807, 2.05) is 39.0 Å². The fourth-order valence-corrected chi connectivity index (χ4v) is 3.45. The molecule has 1 aromatic carbocycles. The number of aromatic nitrogens is 2. The topological polar surface area (TPSA) is 74.9 Å². The molecule has 2 aromatic rings. The van der Waals surface area contributed by atoms with Crippen LogP contribution in [0.1, 0.15) is 44.6 Å². The lowest BCUT2D eigenvalue weighted by molar-refractivity contribution is 0.133. The highest BCUT2D eigenvalue weighted by molar-refractivity contribution is 5.34. The molecule has 1 fully saturated rings. The van der Waals surface area contributed by atoms with Crippen LogP contribution in [-0.4, -0.2) is 59.0 Å². The Kier molecular flexibility index (Phi) is 6.68. The Morgan fingerprint density at radius 3 is 2.81 bits per heavy atom. The highest BCUT2D eigenvalue weighted by atomic mass is 16.5. The Bertz CT molecular complexity index is 719. The number of nitrogens with zero attached hydrogens (tertiary/aromatic N) is 4. The van der Waals surface area contributed by atoms with E-state index < -0.39 is 0 Å². The number of piperazine rings is 1. The molecule has 27 heavy (non-hydrogen) atoms. The molecule has 0 unspecified atom stereocenters. The van der Waals surface area contributed by atoms with Gasteiger partial charge in [-0.1, -0.05) is 32.0 Å². The van der Waals surface area contributed by atoms with E-state index in [9.17, 15) is 5.11 Å². The summed E-state index contributed by atoms with van der Waals surface area (Å²) in [5.74, 6) is 2.47. The second-order valence-corrected chi connectivity index (χ2v) is 7.21. The molecule has 0 saturated carbocycles. The van der Waals surface area contributed by atoms with Gasteiger partial charge in [-0.15, -0.1) is 0 Å². The SMILES string of the molecule is CCOc1ccccc1CN1CCN(c2noc(C(C)C)n2)C[C@@H]1CCO. The van der Waals surface area contributed by atoms with Gasteiger partial charge in [0.1, 0.15) is 5.75 Å². The first-order valence-corrected chi connectivity index (χ1v) is 9.76. The van der Waals surface area contributed by atoms with Gasteiger partial charge >= 0.3 is 0 Å². The summed E-state index contributed by atoms with van der Waals surface area (Å²) in [6.45, 7) is 10.2. The first kappa shape index (κ1) is 19.6. The number of para-hydroxylation sites is 1. The lowest BCUT2D eigenvalue weighted by Gasteiger charge is -2.41. The first-order chi connectivity index (χ1) is 13.1. The Hall–Kier alpha value is -2.12. The van der Waals surface area contributed by atoms with Crippen LogP contribution in [0, 0.1) is 0 Å². The van der Waals surface area contributed by atoms with Crippen LogP contribution in [-0.2, 0) is 6.54 Å². The molecular weight excluding hydrogens is 344 g/mol. The molecule has 1 saturated heterocycles. The Balaban J connectivity index is 1.71. The van der Waals surface area contributed by atoms with Gasteiger partial charge in [-0.25, -0.2) is 0 Å². The summed E-state index contributed by atoms with van der Waals surface area (Å²) in [7, 11) is 0. The zero-order valence-corrected chi connectivity index (χ0v) is 16.5. The number of benzene rings is 1. The second-order valence-electron chi connectivity index (χ2n) is 7.21. The molecule has 148 valence electrons. The number of ether oxygens (including phenoxy) is 1. The van der Waals surface area contributed by atoms with E-state index in [0.717, 1.165) is 31.9 Å². The monoisotopic (exact) mass is 374 g/mol. The molecule has 0 bridgehead atoms. The molecule has 2 heterocycles. The zero-order chi connectivity index (χ0) is 19.2. The van der Waals surface area contributed by atoms with Gasteiger partial charge in [-0.05, 0) is 24.6 Å². The van der Waals surface area contributed by atoms with Crippen molar-refractivity contribution in [1.29, 1.82) is 0 Å². The number of hydrogen-bond acceptors (Lipinski definition) is 7. The normalized spacial score (nSPS) is 18.3. The number of anilines is 1. The summed E-state index contributed by atoms with van der Waals surface area (Å²) in [6, 6.07) is 8.39. The molecule has 1 N–H and O–H groups in total. The van der Waals surface area contributed by atoms with E-state index in [-0.39, 0.29) is 18.6 Å². The summed E-state index contributed by atoms with van der Waals surface area (Å²) in [5.41, 5.74) is 1.18. The fourth-order valence-electron chi connectivity index (χ4n) is 3.45. The molecule has 7 nitrogen and oxygen atoms in total. The first-order valence-electron chi connectivity index (χ1n) is 9.76. The third-order valence-corrected chi connectivity index (χ3v) is 4.92.